The number of halogens is 5. The largest absolute Gasteiger partial charge is 0.385 e. The number of alkyl halides is 2. The van der Waals surface area contributed by atoms with Crippen molar-refractivity contribution in [1.82, 2.24) is 4.98 Å². The van der Waals surface area contributed by atoms with Crippen molar-refractivity contribution in [3.8, 4) is 0 Å². The lowest BCUT2D eigenvalue weighted by molar-refractivity contribution is 0.146. The molecule has 1 N–H and O–H groups in total. The van der Waals surface area contributed by atoms with Gasteiger partial charge < -0.3 is 5.32 Å². The lowest BCUT2D eigenvalue weighted by Crippen LogP contribution is -2.04. The van der Waals surface area contributed by atoms with Crippen LogP contribution in [0.3, 0.4) is 0 Å². The molecule has 0 fully saturated rings. The maximum Gasteiger partial charge on any atom is 0.280 e. The number of nitrogens with one attached hydrogen (secondary N) is 1. The van der Waals surface area contributed by atoms with E-state index in [0.717, 1.165) is 6.07 Å². The lowest BCUT2D eigenvalue weighted by atomic mass is 10.1. The van der Waals surface area contributed by atoms with Gasteiger partial charge in [0.15, 0.2) is 11.6 Å². The summed E-state index contributed by atoms with van der Waals surface area (Å²) in [6, 6.07) is 1.29. The number of benzene rings is 1. The first-order valence-electron chi connectivity index (χ1n) is 5.45. The monoisotopic (exact) mass is 276 g/mol. The second kappa shape index (κ2) is 4.99. The molecule has 0 aliphatic rings. The number of fused-ring (bicyclic) bond motifs is 1. The van der Waals surface area contributed by atoms with Crippen LogP contribution in [0.4, 0.5) is 27.6 Å². The van der Waals surface area contributed by atoms with Gasteiger partial charge in [-0.05, 0) is 13.0 Å². The summed E-state index contributed by atoms with van der Waals surface area (Å²) >= 11 is 0. The van der Waals surface area contributed by atoms with Gasteiger partial charge in [-0.1, -0.05) is 0 Å². The predicted molar refractivity (Wildman–Crippen MR) is 60.7 cm³/mol. The van der Waals surface area contributed by atoms with E-state index in [1.807, 2.05) is 0 Å². The molecule has 0 spiro atoms. The second-order valence-electron chi connectivity index (χ2n) is 3.80. The van der Waals surface area contributed by atoms with E-state index in [4.69, 9.17) is 0 Å². The zero-order chi connectivity index (χ0) is 14.2. The summed E-state index contributed by atoms with van der Waals surface area (Å²) in [5.74, 6) is -3.97. The summed E-state index contributed by atoms with van der Waals surface area (Å²) in [6.45, 7) is 1.96. The molecule has 19 heavy (non-hydrogen) atoms. The molecule has 0 atom stereocenters. The van der Waals surface area contributed by atoms with Gasteiger partial charge >= 0.3 is 0 Å². The van der Waals surface area contributed by atoms with Crippen LogP contribution >= 0.6 is 0 Å². The Labute approximate surface area is 105 Å². The van der Waals surface area contributed by atoms with Crippen LogP contribution in [-0.4, -0.2) is 11.5 Å². The van der Waals surface area contributed by atoms with Gasteiger partial charge in [0, 0.05) is 18.3 Å². The van der Waals surface area contributed by atoms with E-state index in [1.54, 1.807) is 6.92 Å². The van der Waals surface area contributed by atoms with E-state index < -0.39 is 35.1 Å². The van der Waals surface area contributed by atoms with E-state index in [1.165, 1.54) is 0 Å². The first kappa shape index (κ1) is 13.5. The molecule has 0 radical (unpaired) electrons. The van der Waals surface area contributed by atoms with Crippen LogP contribution in [0.15, 0.2) is 12.1 Å². The molecule has 0 saturated heterocycles. The van der Waals surface area contributed by atoms with Crippen LogP contribution in [0.1, 0.15) is 19.0 Å². The molecule has 102 valence electrons. The Bertz CT molecular complexity index is 627. The first-order valence-corrected chi connectivity index (χ1v) is 5.45. The van der Waals surface area contributed by atoms with E-state index in [0.29, 0.717) is 12.6 Å². The summed E-state index contributed by atoms with van der Waals surface area (Å²) in [6.07, 6.45) is -2.97. The molecule has 2 rings (SSSR count). The molecule has 2 nitrogen and oxygen atoms in total. The number of hydrogen-bond donors (Lipinski definition) is 1. The Balaban J connectivity index is 2.86. The van der Waals surface area contributed by atoms with Crippen LogP contribution in [0.2, 0.25) is 0 Å². The summed E-state index contributed by atoms with van der Waals surface area (Å²) in [5, 5.41) is 2.29. The van der Waals surface area contributed by atoms with Crippen molar-refractivity contribution in [2.24, 2.45) is 0 Å². The van der Waals surface area contributed by atoms with Gasteiger partial charge in [0.25, 0.3) is 6.43 Å². The van der Waals surface area contributed by atoms with Crippen LogP contribution in [0, 0.1) is 17.5 Å². The normalized spacial score (nSPS) is 11.3. The zero-order valence-corrected chi connectivity index (χ0v) is 9.78. The molecular formula is C12H9F5N2. The number of aromatic nitrogens is 1. The van der Waals surface area contributed by atoms with Crippen molar-refractivity contribution >= 4 is 16.6 Å². The van der Waals surface area contributed by atoms with Gasteiger partial charge in [0.1, 0.15) is 17.0 Å². The molecule has 0 aliphatic carbocycles. The molecule has 7 heteroatoms. The summed E-state index contributed by atoms with van der Waals surface area (Å²) in [4.78, 5) is 3.29. The van der Waals surface area contributed by atoms with Gasteiger partial charge in [-0.2, -0.15) is 0 Å². The molecule has 0 bridgehead atoms. The maximum atomic E-state index is 13.7. The molecule has 0 saturated carbocycles. The smallest absolute Gasteiger partial charge is 0.280 e. The SMILES string of the molecule is CCNc1cc(C(F)F)nc2c(F)c(F)cc(F)c12. The van der Waals surface area contributed by atoms with Crippen LogP contribution in [0.5, 0.6) is 0 Å². The fraction of sp³-hybridized carbons (Fsp3) is 0.250. The highest BCUT2D eigenvalue weighted by Gasteiger charge is 2.20. The summed E-state index contributed by atoms with van der Waals surface area (Å²) in [5.41, 5.74) is -1.53. The van der Waals surface area contributed by atoms with Crippen molar-refractivity contribution in [1.29, 1.82) is 0 Å². The molecule has 0 aliphatic heterocycles. The van der Waals surface area contributed by atoms with Crippen LogP contribution < -0.4 is 5.32 Å². The van der Waals surface area contributed by atoms with E-state index >= 15 is 0 Å². The third kappa shape index (κ3) is 2.32. The quantitative estimate of drug-likeness (QED) is 0.676. The topological polar surface area (TPSA) is 24.9 Å². The number of hydrogen-bond acceptors (Lipinski definition) is 2. The number of pyridine rings is 1. The average molecular weight is 276 g/mol. The molecule has 0 amide bonds. The molecular weight excluding hydrogens is 267 g/mol. The van der Waals surface area contributed by atoms with Gasteiger partial charge in [0.2, 0.25) is 0 Å². The zero-order valence-electron chi connectivity index (χ0n) is 9.78. The standard InChI is InChI=1S/C12H9F5N2/c1-2-18-7-4-8(12(16)17)19-11-9(7)5(13)3-6(14)10(11)15/h3-4,12H,2H2,1H3,(H,18,19). The highest BCUT2D eigenvalue weighted by atomic mass is 19.3. The fourth-order valence-electron chi connectivity index (χ4n) is 1.77. The van der Waals surface area contributed by atoms with Crippen molar-refractivity contribution < 1.29 is 22.0 Å². The van der Waals surface area contributed by atoms with Gasteiger partial charge in [-0.25, -0.2) is 26.9 Å². The molecule has 0 unspecified atom stereocenters. The minimum absolute atomic E-state index is 0.0424. The highest BCUT2D eigenvalue weighted by Crippen LogP contribution is 2.32. The Hall–Kier alpha value is -1.92. The van der Waals surface area contributed by atoms with Crippen molar-refractivity contribution in [3.05, 3.63) is 35.3 Å². The third-order valence-electron chi connectivity index (χ3n) is 2.54. The Morgan fingerprint density at radius 2 is 1.84 bits per heavy atom. The summed E-state index contributed by atoms with van der Waals surface area (Å²) < 4.78 is 65.6. The lowest BCUT2D eigenvalue weighted by Gasteiger charge is -2.12. The maximum absolute atomic E-state index is 13.7. The van der Waals surface area contributed by atoms with Crippen LogP contribution in [-0.2, 0) is 0 Å². The van der Waals surface area contributed by atoms with Crippen molar-refractivity contribution in [3.63, 3.8) is 0 Å². The Kier molecular flexibility index (Phi) is 3.55. The highest BCUT2D eigenvalue weighted by molar-refractivity contribution is 5.92. The third-order valence-corrected chi connectivity index (χ3v) is 2.54. The minimum Gasteiger partial charge on any atom is -0.385 e. The van der Waals surface area contributed by atoms with Crippen molar-refractivity contribution in [2.75, 3.05) is 11.9 Å². The number of nitrogens with zero attached hydrogens (tertiary/aromatic N) is 1. The average Bonchev–Trinajstić information content (AvgIpc) is 2.35. The molecule has 1 aromatic heterocycles. The Morgan fingerprint density at radius 3 is 2.42 bits per heavy atom. The number of anilines is 1. The predicted octanol–water partition coefficient (Wildman–Crippen LogP) is 4.02. The van der Waals surface area contributed by atoms with Crippen LogP contribution in [0.25, 0.3) is 10.9 Å². The minimum atomic E-state index is -2.97. The molecule has 1 heterocycles. The Morgan fingerprint density at radius 1 is 1.16 bits per heavy atom. The van der Waals surface area contributed by atoms with Crippen molar-refractivity contribution in [2.45, 2.75) is 13.3 Å². The first-order chi connectivity index (χ1) is 8.95. The fourth-order valence-corrected chi connectivity index (χ4v) is 1.77. The van der Waals surface area contributed by atoms with Gasteiger partial charge in [0.05, 0.1) is 5.39 Å². The van der Waals surface area contributed by atoms with E-state index in [-0.39, 0.29) is 11.1 Å². The van der Waals surface area contributed by atoms with Gasteiger partial charge in [-0.15, -0.1) is 0 Å². The molecule has 1 aromatic carbocycles. The summed E-state index contributed by atoms with van der Waals surface area (Å²) in [7, 11) is 0. The van der Waals surface area contributed by atoms with E-state index in [2.05, 4.69) is 10.3 Å². The van der Waals surface area contributed by atoms with E-state index in [9.17, 15) is 22.0 Å². The van der Waals surface area contributed by atoms with Gasteiger partial charge in [-0.3, -0.25) is 0 Å². The number of rotatable bonds is 3. The molecule has 2 aromatic rings. The second-order valence-corrected chi connectivity index (χ2v) is 3.80.